The number of ether oxygens (including phenoxy) is 1. The third kappa shape index (κ3) is 5.18. The topological polar surface area (TPSA) is 60.2 Å². The Balaban J connectivity index is 1.21. The van der Waals surface area contributed by atoms with Crippen LogP contribution in [0.2, 0.25) is 0 Å². The Morgan fingerprint density at radius 1 is 0.971 bits per heavy atom. The van der Waals surface area contributed by atoms with E-state index in [2.05, 4.69) is 14.8 Å². The first kappa shape index (κ1) is 22.6. The fourth-order valence-electron chi connectivity index (χ4n) is 4.16. The maximum absolute atomic E-state index is 12.5. The van der Waals surface area contributed by atoms with Crippen LogP contribution in [0.25, 0.3) is 17.1 Å². The van der Waals surface area contributed by atoms with Crippen LogP contribution >= 0.6 is 0 Å². The SMILES string of the molecule is O=C1c2ccccc2CN1CCCc1cccc(-c2ncn(-c3ccc(OC(F)(F)F)cc3)n2)c1. The zero-order valence-corrected chi connectivity index (χ0v) is 18.6. The lowest BCUT2D eigenvalue weighted by Gasteiger charge is -2.15. The average molecular weight is 478 g/mol. The highest BCUT2D eigenvalue weighted by atomic mass is 19.4. The van der Waals surface area contributed by atoms with Gasteiger partial charge in [0, 0.05) is 24.2 Å². The number of carbonyl (C=O) groups is 1. The molecule has 3 aromatic carbocycles. The molecule has 0 atom stereocenters. The molecule has 0 radical (unpaired) electrons. The molecular weight excluding hydrogens is 457 g/mol. The van der Waals surface area contributed by atoms with E-state index in [1.54, 1.807) is 0 Å². The number of halogens is 3. The number of rotatable bonds is 7. The number of benzene rings is 3. The van der Waals surface area contributed by atoms with Gasteiger partial charge in [-0.05, 0) is 60.4 Å². The molecule has 1 amide bonds. The molecule has 35 heavy (non-hydrogen) atoms. The van der Waals surface area contributed by atoms with Crippen LogP contribution < -0.4 is 4.74 Å². The van der Waals surface area contributed by atoms with Crippen molar-refractivity contribution in [1.82, 2.24) is 19.7 Å². The molecule has 0 fully saturated rings. The average Bonchev–Trinajstić information content (AvgIpc) is 3.45. The minimum atomic E-state index is -4.73. The molecule has 178 valence electrons. The van der Waals surface area contributed by atoms with Crippen molar-refractivity contribution in [3.05, 3.63) is 95.8 Å². The number of hydrogen-bond donors (Lipinski definition) is 0. The molecule has 4 aromatic rings. The number of carbonyl (C=O) groups excluding carboxylic acids is 1. The number of alkyl halides is 3. The number of nitrogens with zero attached hydrogens (tertiary/aromatic N) is 4. The third-order valence-corrected chi connectivity index (χ3v) is 5.80. The van der Waals surface area contributed by atoms with Crippen LogP contribution in [0.3, 0.4) is 0 Å². The van der Waals surface area contributed by atoms with Crippen molar-refractivity contribution >= 4 is 5.91 Å². The lowest BCUT2D eigenvalue weighted by atomic mass is 10.1. The first-order valence-electron chi connectivity index (χ1n) is 11.1. The second kappa shape index (κ2) is 9.25. The number of fused-ring (bicyclic) bond motifs is 1. The Hall–Kier alpha value is -4.14. The van der Waals surface area contributed by atoms with Crippen molar-refractivity contribution in [3.63, 3.8) is 0 Å². The molecule has 1 aromatic heterocycles. The minimum absolute atomic E-state index is 0.0853. The standard InChI is InChI=1S/C26H21F3N4O2/c27-26(28,29)35-22-12-10-21(11-13-22)33-17-30-24(31-33)19-8-3-5-18(15-19)6-4-14-32-16-20-7-1-2-9-23(20)25(32)34/h1-3,5,7-13,15,17H,4,6,14,16H2. The van der Waals surface area contributed by atoms with E-state index in [0.717, 1.165) is 35.1 Å². The van der Waals surface area contributed by atoms with E-state index < -0.39 is 6.36 Å². The molecule has 0 aliphatic carbocycles. The predicted molar refractivity (Wildman–Crippen MR) is 123 cm³/mol. The van der Waals surface area contributed by atoms with Gasteiger partial charge in [-0.25, -0.2) is 9.67 Å². The zero-order chi connectivity index (χ0) is 24.4. The van der Waals surface area contributed by atoms with Crippen molar-refractivity contribution in [2.24, 2.45) is 0 Å². The largest absolute Gasteiger partial charge is 0.573 e. The van der Waals surface area contributed by atoms with Gasteiger partial charge in [0.2, 0.25) is 0 Å². The quantitative estimate of drug-likeness (QED) is 0.356. The van der Waals surface area contributed by atoms with Crippen molar-refractivity contribution in [1.29, 1.82) is 0 Å². The first-order chi connectivity index (χ1) is 16.9. The van der Waals surface area contributed by atoms with Crippen molar-refractivity contribution in [2.75, 3.05) is 6.54 Å². The van der Waals surface area contributed by atoms with E-state index in [4.69, 9.17) is 0 Å². The summed E-state index contributed by atoms with van der Waals surface area (Å²) in [6, 6.07) is 21.0. The van der Waals surface area contributed by atoms with Gasteiger partial charge in [0.05, 0.1) is 5.69 Å². The zero-order valence-electron chi connectivity index (χ0n) is 18.6. The van der Waals surface area contributed by atoms with Crippen LogP contribution in [0.4, 0.5) is 13.2 Å². The highest BCUT2D eigenvalue weighted by Gasteiger charge is 2.31. The van der Waals surface area contributed by atoms with Gasteiger partial charge >= 0.3 is 6.36 Å². The molecule has 9 heteroatoms. The molecule has 6 nitrogen and oxygen atoms in total. The predicted octanol–water partition coefficient (Wildman–Crippen LogP) is 5.42. The second-order valence-corrected chi connectivity index (χ2v) is 8.24. The van der Waals surface area contributed by atoms with Crippen LogP contribution in [-0.4, -0.2) is 38.5 Å². The van der Waals surface area contributed by atoms with Gasteiger partial charge in [-0.2, -0.15) is 0 Å². The Morgan fingerprint density at radius 2 is 1.77 bits per heavy atom. The molecule has 1 aliphatic rings. The Kier molecular flexibility index (Phi) is 5.98. The highest BCUT2D eigenvalue weighted by Crippen LogP contribution is 2.25. The number of aromatic nitrogens is 3. The number of amides is 1. The third-order valence-electron chi connectivity index (χ3n) is 5.80. The van der Waals surface area contributed by atoms with Crippen LogP contribution in [0, 0.1) is 0 Å². The molecular formula is C26H21F3N4O2. The van der Waals surface area contributed by atoms with E-state index in [1.807, 2.05) is 53.4 Å². The summed E-state index contributed by atoms with van der Waals surface area (Å²) in [6.07, 6.45) is -1.59. The fraction of sp³-hybridized carbons (Fsp3) is 0.192. The van der Waals surface area contributed by atoms with Crippen LogP contribution in [-0.2, 0) is 13.0 Å². The monoisotopic (exact) mass is 478 g/mol. The van der Waals surface area contributed by atoms with Gasteiger partial charge in [-0.3, -0.25) is 4.79 Å². The van der Waals surface area contributed by atoms with Gasteiger partial charge in [0.15, 0.2) is 5.82 Å². The highest BCUT2D eigenvalue weighted by molar-refractivity contribution is 5.98. The first-order valence-corrected chi connectivity index (χ1v) is 11.1. The molecule has 2 heterocycles. The smallest absolute Gasteiger partial charge is 0.406 e. The van der Waals surface area contributed by atoms with Crippen molar-refractivity contribution in [3.8, 4) is 22.8 Å². The summed E-state index contributed by atoms with van der Waals surface area (Å²) in [4.78, 5) is 18.8. The Labute approximate surface area is 199 Å². The summed E-state index contributed by atoms with van der Waals surface area (Å²) in [6.45, 7) is 1.33. The fourth-order valence-corrected chi connectivity index (χ4v) is 4.16. The summed E-state index contributed by atoms with van der Waals surface area (Å²) in [5, 5.41) is 4.46. The summed E-state index contributed by atoms with van der Waals surface area (Å²) < 4.78 is 42.4. The maximum atomic E-state index is 12.5. The van der Waals surface area contributed by atoms with E-state index >= 15 is 0 Å². The number of aryl methyl sites for hydroxylation is 1. The Bertz CT molecular complexity index is 1350. The van der Waals surface area contributed by atoms with E-state index in [1.165, 1.54) is 35.3 Å². The summed E-state index contributed by atoms with van der Waals surface area (Å²) in [5.41, 5.74) is 4.37. The molecule has 0 N–H and O–H groups in total. The normalized spacial score (nSPS) is 13.2. The Morgan fingerprint density at radius 3 is 2.54 bits per heavy atom. The van der Waals surface area contributed by atoms with Crippen molar-refractivity contribution in [2.45, 2.75) is 25.7 Å². The number of hydrogen-bond acceptors (Lipinski definition) is 4. The van der Waals surface area contributed by atoms with Gasteiger partial charge < -0.3 is 9.64 Å². The maximum Gasteiger partial charge on any atom is 0.573 e. The molecule has 0 saturated carbocycles. The lowest BCUT2D eigenvalue weighted by molar-refractivity contribution is -0.274. The molecule has 0 bridgehead atoms. The van der Waals surface area contributed by atoms with Crippen LogP contribution in [0.1, 0.15) is 27.9 Å². The van der Waals surface area contributed by atoms with Crippen LogP contribution in [0.15, 0.2) is 79.1 Å². The van der Waals surface area contributed by atoms with Gasteiger partial charge in [-0.1, -0.05) is 36.4 Å². The van der Waals surface area contributed by atoms with Gasteiger partial charge in [0.1, 0.15) is 12.1 Å². The lowest BCUT2D eigenvalue weighted by Crippen LogP contribution is -2.25. The second-order valence-electron chi connectivity index (χ2n) is 8.24. The van der Waals surface area contributed by atoms with Crippen molar-refractivity contribution < 1.29 is 22.7 Å². The summed E-state index contributed by atoms with van der Waals surface area (Å²) in [7, 11) is 0. The molecule has 0 saturated heterocycles. The van der Waals surface area contributed by atoms with E-state index in [9.17, 15) is 18.0 Å². The molecule has 1 aliphatic heterocycles. The molecule has 0 unspecified atom stereocenters. The minimum Gasteiger partial charge on any atom is -0.406 e. The van der Waals surface area contributed by atoms with E-state index in [0.29, 0.717) is 24.6 Å². The molecule has 0 spiro atoms. The van der Waals surface area contributed by atoms with Gasteiger partial charge in [0.25, 0.3) is 5.91 Å². The molecule has 5 rings (SSSR count). The van der Waals surface area contributed by atoms with E-state index in [-0.39, 0.29) is 11.7 Å². The van der Waals surface area contributed by atoms with Gasteiger partial charge in [-0.15, -0.1) is 18.3 Å². The summed E-state index contributed by atoms with van der Waals surface area (Å²) in [5.74, 6) is 0.295. The van der Waals surface area contributed by atoms with Crippen LogP contribution in [0.5, 0.6) is 5.75 Å². The summed E-state index contributed by atoms with van der Waals surface area (Å²) >= 11 is 0.